The standard InChI is InChI=1S/C14H23N3O2.ClH/c1-10-7-12(16-19-10)9-17(2)14(18)8-11-5-3-4-6-13(11)15;/h7,11,13H,3-6,8-9,15H2,1-2H3;1H. The number of aromatic nitrogens is 1. The van der Waals surface area contributed by atoms with Gasteiger partial charge in [-0.05, 0) is 25.7 Å². The van der Waals surface area contributed by atoms with Crippen LogP contribution in [0.2, 0.25) is 0 Å². The summed E-state index contributed by atoms with van der Waals surface area (Å²) in [5, 5.41) is 3.91. The third kappa shape index (κ3) is 4.49. The second-order valence-electron chi connectivity index (χ2n) is 5.59. The first kappa shape index (κ1) is 17.0. The van der Waals surface area contributed by atoms with Crippen LogP contribution in [-0.4, -0.2) is 29.1 Å². The highest BCUT2D eigenvalue weighted by Gasteiger charge is 2.25. The average Bonchev–Trinajstić information content (AvgIpc) is 2.77. The molecule has 0 spiro atoms. The lowest BCUT2D eigenvalue weighted by Gasteiger charge is -2.29. The smallest absolute Gasteiger partial charge is 0.223 e. The van der Waals surface area contributed by atoms with Crippen LogP contribution >= 0.6 is 12.4 Å². The molecule has 1 saturated carbocycles. The van der Waals surface area contributed by atoms with Gasteiger partial charge in [0.25, 0.3) is 0 Å². The number of hydrogen-bond donors (Lipinski definition) is 1. The molecule has 2 N–H and O–H groups in total. The van der Waals surface area contributed by atoms with E-state index in [1.54, 1.807) is 11.9 Å². The lowest BCUT2D eigenvalue weighted by molar-refractivity contribution is -0.131. The zero-order chi connectivity index (χ0) is 13.8. The molecule has 5 nitrogen and oxygen atoms in total. The highest BCUT2D eigenvalue weighted by Crippen LogP contribution is 2.26. The van der Waals surface area contributed by atoms with Gasteiger partial charge in [0.15, 0.2) is 0 Å². The molecule has 2 unspecified atom stereocenters. The Labute approximate surface area is 126 Å². The topological polar surface area (TPSA) is 72.4 Å². The number of nitrogens with zero attached hydrogens (tertiary/aromatic N) is 2. The van der Waals surface area contributed by atoms with E-state index in [4.69, 9.17) is 10.3 Å². The second-order valence-corrected chi connectivity index (χ2v) is 5.59. The predicted molar refractivity (Wildman–Crippen MR) is 79.5 cm³/mol. The van der Waals surface area contributed by atoms with Gasteiger partial charge in [0.2, 0.25) is 5.91 Å². The normalized spacial score (nSPS) is 22.1. The molecular formula is C14H24ClN3O2. The molecule has 1 aliphatic carbocycles. The third-order valence-electron chi connectivity index (χ3n) is 3.91. The van der Waals surface area contributed by atoms with Crippen molar-refractivity contribution in [1.82, 2.24) is 10.1 Å². The molecule has 2 rings (SSSR count). The number of carbonyl (C=O) groups excluding carboxylic acids is 1. The van der Waals surface area contributed by atoms with Gasteiger partial charge in [-0.1, -0.05) is 18.0 Å². The Morgan fingerprint density at radius 2 is 2.20 bits per heavy atom. The van der Waals surface area contributed by atoms with Gasteiger partial charge in [-0.25, -0.2) is 0 Å². The van der Waals surface area contributed by atoms with Crippen molar-refractivity contribution in [3.63, 3.8) is 0 Å². The van der Waals surface area contributed by atoms with E-state index >= 15 is 0 Å². The first-order valence-corrected chi connectivity index (χ1v) is 6.98. The SMILES string of the molecule is Cc1cc(CN(C)C(=O)CC2CCCCC2N)no1.Cl. The minimum absolute atomic E-state index is 0. The van der Waals surface area contributed by atoms with Crippen molar-refractivity contribution in [3.05, 3.63) is 17.5 Å². The Morgan fingerprint density at radius 3 is 2.80 bits per heavy atom. The van der Waals surface area contributed by atoms with E-state index in [2.05, 4.69) is 5.16 Å². The van der Waals surface area contributed by atoms with E-state index in [-0.39, 0.29) is 24.4 Å². The molecule has 1 heterocycles. The monoisotopic (exact) mass is 301 g/mol. The Kier molecular flexibility index (Phi) is 6.49. The van der Waals surface area contributed by atoms with Crippen molar-refractivity contribution in [1.29, 1.82) is 0 Å². The van der Waals surface area contributed by atoms with Gasteiger partial charge in [-0.3, -0.25) is 4.79 Å². The van der Waals surface area contributed by atoms with E-state index in [1.807, 2.05) is 13.0 Å². The number of carbonyl (C=O) groups is 1. The van der Waals surface area contributed by atoms with Gasteiger partial charge in [-0.15, -0.1) is 12.4 Å². The Balaban J connectivity index is 0.00000200. The van der Waals surface area contributed by atoms with Crippen molar-refractivity contribution in [2.75, 3.05) is 7.05 Å². The molecule has 1 amide bonds. The van der Waals surface area contributed by atoms with Crippen LogP contribution in [0.3, 0.4) is 0 Å². The Hall–Kier alpha value is -1.07. The lowest BCUT2D eigenvalue weighted by Crippen LogP contribution is -2.37. The molecular weight excluding hydrogens is 278 g/mol. The molecule has 6 heteroatoms. The first-order chi connectivity index (χ1) is 9.06. The van der Waals surface area contributed by atoms with Crippen LogP contribution in [0.1, 0.15) is 43.6 Å². The maximum absolute atomic E-state index is 12.2. The number of nitrogens with two attached hydrogens (primary N) is 1. The summed E-state index contributed by atoms with van der Waals surface area (Å²) in [5.41, 5.74) is 6.88. The summed E-state index contributed by atoms with van der Waals surface area (Å²) in [6, 6.07) is 2.04. The molecule has 0 bridgehead atoms. The summed E-state index contributed by atoms with van der Waals surface area (Å²) in [5.74, 6) is 1.25. The van der Waals surface area contributed by atoms with Crippen molar-refractivity contribution in [2.45, 2.75) is 51.6 Å². The molecule has 1 aromatic rings. The predicted octanol–water partition coefficient (Wildman–Crippen LogP) is 2.27. The van der Waals surface area contributed by atoms with Crippen LogP contribution in [0.4, 0.5) is 0 Å². The largest absolute Gasteiger partial charge is 0.361 e. The molecule has 1 aromatic heterocycles. The molecule has 0 aliphatic heterocycles. The third-order valence-corrected chi connectivity index (χ3v) is 3.91. The van der Waals surface area contributed by atoms with E-state index in [9.17, 15) is 4.79 Å². The van der Waals surface area contributed by atoms with Gasteiger partial charge >= 0.3 is 0 Å². The molecule has 2 atom stereocenters. The van der Waals surface area contributed by atoms with Crippen molar-refractivity contribution < 1.29 is 9.32 Å². The number of aryl methyl sites for hydroxylation is 1. The van der Waals surface area contributed by atoms with Gasteiger partial charge in [0, 0.05) is 25.6 Å². The fourth-order valence-electron chi connectivity index (χ4n) is 2.69. The molecule has 20 heavy (non-hydrogen) atoms. The number of rotatable bonds is 4. The summed E-state index contributed by atoms with van der Waals surface area (Å²) in [6.45, 7) is 2.34. The minimum atomic E-state index is 0. The molecule has 114 valence electrons. The van der Waals surface area contributed by atoms with Crippen molar-refractivity contribution in [3.8, 4) is 0 Å². The average molecular weight is 302 g/mol. The number of amides is 1. The van der Waals surface area contributed by atoms with Gasteiger partial charge in [0.05, 0.1) is 6.54 Å². The Morgan fingerprint density at radius 1 is 1.50 bits per heavy atom. The molecule has 0 aromatic carbocycles. The Bertz CT molecular complexity index is 436. The zero-order valence-electron chi connectivity index (χ0n) is 12.2. The van der Waals surface area contributed by atoms with Crippen molar-refractivity contribution >= 4 is 18.3 Å². The maximum Gasteiger partial charge on any atom is 0.223 e. The summed E-state index contributed by atoms with van der Waals surface area (Å²) >= 11 is 0. The second kappa shape index (κ2) is 7.64. The zero-order valence-corrected chi connectivity index (χ0v) is 13.0. The minimum Gasteiger partial charge on any atom is -0.361 e. The summed E-state index contributed by atoms with van der Waals surface area (Å²) in [7, 11) is 1.81. The van der Waals surface area contributed by atoms with Crippen LogP contribution in [-0.2, 0) is 11.3 Å². The van der Waals surface area contributed by atoms with Crippen molar-refractivity contribution in [2.24, 2.45) is 11.7 Å². The quantitative estimate of drug-likeness (QED) is 0.926. The van der Waals surface area contributed by atoms with E-state index in [0.29, 0.717) is 18.9 Å². The molecule has 0 radical (unpaired) electrons. The van der Waals surface area contributed by atoms with Crippen LogP contribution in [0.15, 0.2) is 10.6 Å². The van der Waals surface area contributed by atoms with Crippen LogP contribution in [0, 0.1) is 12.8 Å². The molecule has 1 aliphatic rings. The lowest BCUT2D eigenvalue weighted by atomic mass is 9.83. The number of halogens is 1. The fraction of sp³-hybridized carbons (Fsp3) is 0.714. The first-order valence-electron chi connectivity index (χ1n) is 6.98. The van der Waals surface area contributed by atoms with Gasteiger partial charge < -0.3 is 15.2 Å². The van der Waals surface area contributed by atoms with E-state index in [1.165, 1.54) is 12.8 Å². The number of hydrogen-bond acceptors (Lipinski definition) is 4. The fourth-order valence-corrected chi connectivity index (χ4v) is 2.69. The van der Waals surface area contributed by atoms with Crippen LogP contribution < -0.4 is 5.73 Å². The molecule has 0 saturated heterocycles. The van der Waals surface area contributed by atoms with Crippen LogP contribution in [0.25, 0.3) is 0 Å². The van der Waals surface area contributed by atoms with Gasteiger partial charge in [0.1, 0.15) is 11.5 Å². The molecule has 1 fully saturated rings. The summed E-state index contributed by atoms with van der Waals surface area (Å²) < 4.78 is 5.00. The highest BCUT2D eigenvalue weighted by molar-refractivity contribution is 5.85. The van der Waals surface area contributed by atoms with E-state index < -0.39 is 0 Å². The highest BCUT2D eigenvalue weighted by atomic mass is 35.5. The summed E-state index contributed by atoms with van der Waals surface area (Å²) in [4.78, 5) is 13.9. The van der Waals surface area contributed by atoms with Gasteiger partial charge in [-0.2, -0.15) is 0 Å². The van der Waals surface area contributed by atoms with E-state index in [0.717, 1.165) is 24.3 Å². The van der Waals surface area contributed by atoms with Crippen LogP contribution in [0.5, 0.6) is 0 Å². The maximum atomic E-state index is 12.2. The summed E-state index contributed by atoms with van der Waals surface area (Å²) in [6.07, 6.45) is 5.06.